The van der Waals surface area contributed by atoms with Gasteiger partial charge in [0.1, 0.15) is 0 Å². The summed E-state index contributed by atoms with van der Waals surface area (Å²) in [7, 11) is 0. The predicted molar refractivity (Wildman–Crippen MR) is 7.57 cm³/mol. The van der Waals surface area contributed by atoms with Gasteiger partial charge in [-0.25, -0.2) is 0 Å². The molecular formula is CO3Zr2. The molecule has 0 atom stereocenters. The van der Waals surface area contributed by atoms with Crippen LogP contribution in [0.2, 0.25) is 0 Å². The molecule has 0 amide bonds. The standard InChI is InChI=1S/CH2O3.2Zr/c2-1(3)4;;/h(H2,2,3,4);;/q;2*+1/p-2. The van der Waals surface area contributed by atoms with Crippen LogP contribution in [0, 0.1) is 0 Å². The number of hydrogen-bond donors (Lipinski definition) is 0. The van der Waals surface area contributed by atoms with Crippen molar-refractivity contribution in [1.82, 2.24) is 0 Å². The zero-order chi connectivity index (χ0) is 4.99. The van der Waals surface area contributed by atoms with Crippen molar-refractivity contribution in [3.05, 3.63) is 0 Å². The molecule has 0 aliphatic rings. The van der Waals surface area contributed by atoms with Crippen LogP contribution in [0.25, 0.3) is 0 Å². The van der Waals surface area contributed by atoms with Gasteiger partial charge in [0.15, 0.2) is 0 Å². The van der Waals surface area contributed by atoms with E-state index in [9.17, 15) is 4.79 Å². The van der Waals surface area contributed by atoms with Gasteiger partial charge in [-0.1, -0.05) is 0 Å². The summed E-state index contributed by atoms with van der Waals surface area (Å²) in [4.78, 5) is 9.78. The number of carbonyl (C=O) groups excluding carboxylic acids is 1. The van der Waals surface area contributed by atoms with E-state index in [1.165, 1.54) is 0 Å². The summed E-state index contributed by atoms with van der Waals surface area (Å²) < 4.78 is 8.30. The van der Waals surface area contributed by atoms with Gasteiger partial charge in [0.2, 0.25) is 0 Å². The molecule has 0 bridgehead atoms. The fourth-order valence-corrected chi connectivity index (χ4v) is 0.729. The predicted octanol–water partition coefficient (Wildman–Crippen LogP) is 0.0632. The van der Waals surface area contributed by atoms with Gasteiger partial charge in [-0.15, -0.1) is 0 Å². The summed E-state index contributed by atoms with van der Waals surface area (Å²) in [5.74, 6) is 0. The van der Waals surface area contributed by atoms with E-state index < -0.39 is 6.16 Å². The Kier molecular flexibility index (Phi) is 4.93. The Morgan fingerprint density at radius 2 is 1.67 bits per heavy atom. The molecule has 3 nitrogen and oxygen atoms in total. The molecule has 0 N–H and O–H groups in total. The first-order chi connectivity index (χ1) is 2.81. The third kappa shape index (κ3) is 3.23. The molecule has 0 rings (SSSR count). The van der Waals surface area contributed by atoms with E-state index in [2.05, 4.69) is 5.63 Å². The molecule has 0 aromatic rings. The van der Waals surface area contributed by atoms with E-state index in [4.69, 9.17) is 0 Å². The first kappa shape index (κ1) is 7.04. The SMILES string of the molecule is O=C([O][Zr])[O][Zr]. The second-order valence-electron chi connectivity index (χ2n) is 0.454. The molecule has 0 heterocycles. The van der Waals surface area contributed by atoms with E-state index >= 15 is 0 Å². The van der Waals surface area contributed by atoms with Crippen molar-refractivity contribution >= 4 is 6.16 Å². The van der Waals surface area contributed by atoms with Crippen molar-refractivity contribution in [1.29, 1.82) is 0 Å². The Morgan fingerprint density at radius 3 is 1.67 bits per heavy atom. The molecule has 0 aromatic heterocycles. The summed E-state index contributed by atoms with van der Waals surface area (Å²) >= 11 is 1.44. The van der Waals surface area contributed by atoms with Crippen LogP contribution in [0.5, 0.6) is 0 Å². The Bertz CT molecular complexity index is 46.8. The molecule has 0 unspecified atom stereocenters. The van der Waals surface area contributed by atoms with E-state index in [0.29, 0.717) is 0 Å². The van der Waals surface area contributed by atoms with Crippen molar-refractivity contribution in [3.8, 4) is 0 Å². The fraction of sp³-hybridized carbons (Fsp3) is 0. The van der Waals surface area contributed by atoms with Gasteiger partial charge in [0.05, 0.1) is 0 Å². The summed E-state index contributed by atoms with van der Waals surface area (Å²) in [6, 6.07) is 0. The van der Waals surface area contributed by atoms with Crippen molar-refractivity contribution in [3.63, 3.8) is 0 Å². The molecule has 0 saturated heterocycles. The number of hydrogen-bond acceptors (Lipinski definition) is 3. The van der Waals surface area contributed by atoms with Gasteiger partial charge in [-0.3, -0.25) is 0 Å². The second-order valence-corrected chi connectivity index (χ2v) is 1.46. The van der Waals surface area contributed by atoms with Gasteiger partial charge in [-0.2, -0.15) is 0 Å². The average Bonchev–Trinajstić information content (AvgIpc) is 1.65. The average molecular weight is 242 g/mol. The Hall–Kier alpha value is 1.04. The summed E-state index contributed by atoms with van der Waals surface area (Å²) in [6.07, 6.45) is -0.577. The molecule has 0 fully saturated rings. The van der Waals surface area contributed by atoms with Crippen LogP contribution in [0.4, 0.5) is 4.79 Å². The molecule has 5 heteroatoms. The quantitative estimate of drug-likeness (QED) is 0.603. The van der Waals surface area contributed by atoms with Crippen LogP contribution < -0.4 is 0 Å². The van der Waals surface area contributed by atoms with Crippen LogP contribution in [0.1, 0.15) is 0 Å². The molecule has 0 aliphatic heterocycles. The summed E-state index contributed by atoms with van der Waals surface area (Å²) in [5.41, 5.74) is 0. The van der Waals surface area contributed by atoms with Gasteiger partial charge < -0.3 is 0 Å². The van der Waals surface area contributed by atoms with Crippen molar-refractivity contribution in [2.75, 3.05) is 0 Å². The van der Waals surface area contributed by atoms with Gasteiger partial charge in [0.25, 0.3) is 0 Å². The van der Waals surface area contributed by atoms with Crippen molar-refractivity contribution in [2.45, 2.75) is 0 Å². The number of rotatable bonds is 0. The summed E-state index contributed by atoms with van der Waals surface area (Å²) in [6.45, 7) is 0. The first-order valence-electron chi connectivity index (χ1n) is 1.02. The maximum atomic E-state index is 9.78. The van der Waals surface area contributed by atoms with E-state index in [0.717, 1.165) is 50.3 Å². The van der Waals surface area contributed by atoms with Crippen LogP contribution in [0.3, 0.4) is 0 Å². The Labute approximate surface area is 66.3 Å². The van der Waals surface area contributed by atoms with E-state index in [-0.39, 0.29) is 0 Å². The zero-order valence-corrected chi connectivity index (χ0v) is 7.64. The van der Waals surface area contributed by atoms with Crippen LogP contribution >= 0.6 is 0 Å². The maximum absolute atomic E-state index is 9.78. The molecule has 0 aromatic carbocycles. The van der Waals surface area contributed by atoms with Crippen LogP contribution in [0.15, 0.2) is 0 Å². The molecule has 0 saturated carbocycles. The molecule has 0 aliphatic carbocycles. The minimum atomic E-state index is -0.577. The van der Waals surface area contributed by atoms with Crippen molar-refractivity contribution < 1.29 is 60.7 Å². The molecule has 0 radical (unpaired) electrons. The molecule has 30 valence electrons. The topological polar surface area (TPSA) is 35.5 Å². The summed E-state index contributed by atoms with van der Waals surface area (Å²) in [5, 5.41) is 0. The Balaban J connectivity index is 2.99. The van der Waals surface area contributed by atoms with Crippen LogP contribution in [-0.4, -0.2) is 6.16 Å². The van der Waals surface area contributed by atoms with Crippen LogP contribution in [-0.2, 0) is 55.9 Å². The first-order valence-corrected chi connectivity index (χ1v) is 3.03. The monoisotopic (exact) mass is 240 g/mol. The van der Waals surface area contributed by atoms with Gasteiger partial charge in [-0.05, 0) is 0 Å². The second kappa shape index (κ2) is 4.20. The van der Waals surface area contributed by atoms with E-state index in [1.54, 1.807) is 0 Å². The number of carbonyl (C=O) groups is 1. The third-order valence-corrected chi connectivity index (χ3v) is 0.986. The molecular weight excluding hydrogens is 242 g/mol. The molecule has 6 heavy (non-hydrogen) atoms. The zero-order valence-electron chi connectivity index (χ0n) is 2.72. The van der Waals surface area contributed by atoms with Crippen molar-refractivity contribution in [2.24, 2.45) is 0 Å². The van der Waals surface area contributed by atoms with Gasteiger partial charge >= 0.3 is 66.9 Å². The third-order valence-electron chi connectivity index (χ3n) is 0.167. The Morgan fingerprint density at radius 1 is 1.33 bits per heavy atom. The molecule has 0 spiro atoms. The van der Waals surface area contributed by atoms with Gasteiger partial charge in [0, 0.05) is 0 Å². The normalized spacial score (nSPS) is 6.33. The fourth-order valence-electron chi connectivity index (χ4n) is 0.0208. The van der Waals surface area contributed by atoms with E-state index in [1.807, 2.05) is 0 Å². The minimum absolute atomic E-state index is 0.577.